The molecule has 3 aromatic carbocycles. The smallest absolute Gasteiger partial charge is 0.261 e. The molecule has 3 aromatic rings. The van der Waals surface area contributed by atoms with Crippen LogP contribution in [0.15, 0.2) is 71.6 Å². The zero-order valence-corrected chi connectivity index (χ0v) is 21.4. The molecule has 13 heteroatoms. The number of hydrogen-bond acceptors (Lipinski definition) is 7. The van der Waals surface area contributed by atoms with Gasteiger partial charge in [-0.3, -0.25) is 13.8 Å². The van der Waals surface area contributed by atoms with Gasteiger partial charge in [-0.25, -0.2) is 16.8 Å². The summed E-state index contributed by atoms with van der Waals surface area (Å²) >= 11 is 6.02. The summed E-state index contributed by atoms with van der Waals surface area (Å²) in [6.07, 6.45) is 0. The monoisotopic (exact) mass is 551 g/mol. The number of rotatable bonds is 9. The van der Waals surface area contributed by atoms with Crippen LogP contribution in [0.25, 0.3) is 0 Å². The Morgan fingerprint density at radius 3 is 2.36 bits per heavy atom. The number of anilines is 3. The molecule has 0 unspecified atom stereocenters. The van der Waals surface area contributed by atoms with Crippen molar-refractivity contribution in [3.05, 3.63) is 71.8 Å². The molecule has 2 N–H and O–H groups in total. The van der Waals surface area contributed by atoms with Crippen LogP contribution in [0.2, 0.25) is 5.02 Å². The van der Waals surface area contributed by atoms with Crippen molar-refractivity contribution in [2.45, 2.75) is 11.8 Å². The van der Waals surface area contributed by atoms with Crippen LogP contribution in [0.3, 0.4) is 0 Å². The number of carbonyl (C=O) groups excluding carboxylic acids is 1. The summed E-state index contributed by atoms with van der Waals surface area (Å²) in [7, 11) is -7.72. The number of nitrogens with zero attached hydrogens (tertiary/aromatic N) is 1. The molecule has 0 fully saturated rings. The standard InChI is InChI=1S/C23H22ClN3O7S2/c1-2-35(29,30)27(17-9-12-21-22(13-17)34-15-33-21)14-23(28)25-16-7-10-18(11-8-16)36(31,32)26-20-6-4-3-5-19(20)24/h3-13,26H,2,14-15H2,1H3,(H,25,28). The van der Waals surface area contributed by atoms with Crippen LogP contribution in [-0.2, 0) is 24.8 Å². The van der Waals surface area contributed by atoms with E-state index in [4.69, 9.17) is 21.1 Å². The maximum absolute atomic E-state index is 12.7. The van der Waals surface area contributed by atoms with Gasteiger partial charge in [-0.05, 0) is 55.5 Å². The Hall–Kier alpha value is -3.48. The second kappa shape index (κ2) is 10.2. The van der Waals surface area contributed by atoms with Gasteiger partial charge in [0.2, 0.25) is 22.7 Å². The van der Waals surface area contributed by atoms with Crippen molar-refractivity contribution in [1.82, 2.24) is 0 Å². The van der Waals surface area contributed by atoms with Gasteiger partial charge in [0.1, 0.15) is 6.54 Å². The number of carbonyl (C=O) groups is 1. The van der Waals surface area contributed by atoms with E-state index in [1.165, 1.54) is 49.4 Å². The van der Waals surface area contributed by atoms with Crippen LogP contribution in [0, 0.1) is 0 Å². The molecule has 1 heterocycles. The number of halogens is 1. The normalized spacial score (nSPS) is 12.7. The van der Waals surface area contributed by atoms with Gasteiger partial charge >= 0.3 is 0 Å². The van der Waals surface area contributed by atoms with E-state index in [9.17, 15) is 21.6 Å². The molecule has 0 aromatic heterocycles. The van der Waals surface area contributed by atoms with Crippen molar-refractivity contribution in [3.63, 3.8) is 0 Å². The number of benzene rings is 3. The lowest BCUT2D eigenvalue weighted by Crippen LogP contribution is -2.39. The molecule has 1 aliphatic heterocycles. The summed E-state index contributed by atoms with van der Waals surface area (Å²) in [5, 5.41) is 2.84. The maximum Gasteiger partial charge on any atom is 0.261 e. The summed E-state index contributed by atoms with van der Waals surface area (Å²) in [5.41, 5.74) is 0.775. The minimum absolute atomic E-state index is 0.0272. The molecular weight excluding hydrogens is 530 g/mol. The Kier molecular flexibility index (Phi) is 7.29. The average molecular weight is 552 g/mol. The number of amides is 1. The molecule has 190 valence electrons. The lowest BCUT2D eigenvalue weighted by Gasteiger charge is -2.23. The van der Waals surface area contributed by atoms with E-state index >= 15 is 0 Å². The van der Waals surface area contributed by atoms with Gasteiger partial charge in [-0.1, -0.05) is 23.7 Å². The fourth-order valence-electron chi connectivity index (χ4n) is 3.34. The van der Waals surface area contributed by atoms with Crippen molar-refractivity contribution >= 4 is 54.6 Å². The van der Waals surface area contributed by atoms with Crippen LogP contribution in [0.4, 0.5) is 17.1 Å². The maximum atomic E-state index is 12.7. The predicted octanol–water partition coefficient (Wildman–Crippen LogP) is 3.66. The van der Waals surface area contributed by atoms with Gasteiger partial charge in [0, 0.05) is 11.8 Å². The largest absolute Gasteiger partial charge is 0.454 e. The van der Waals surface area contributed by atoms with Gasteiger partial charge in [0.05, 0.1) is 27.0 Å². The number of nitrogens with one attached hydrogen (secondary N) is 2. The van der Waals surface area contributed by atoms with Gasteiger partial charge in [-0.2, -0.15) is 0 Å². The van der Waals surface area contributed by atoms with Crippen molar-refractivity contribution in [2.75, 3.05) is 33.4 Å². The van der Waals surface area contributed by atoms with Gasteiger partial charge in [-0.15, -0.1) is 0 Å². The summed E-state index contributed by atoms with van der Waals surface area (Å²) in [6, 6.07) is 16.4. The fourth-order valence-corrected chi connectivity index (χ4v) is 5.72. The molecule has 0 radical (unpaired) electrons. The highest BCUT2D eigenvalue weighted by Crippen LogP contribution is 2.36. The molecule has 0 aliphatic carbocycles. The van der Waals surface area contributed by atoms with Crippen LogP contribution in [-0.4, -0.2) is 41.8 Å². The van der Waals surface area contributed by atoms with Crippen molar-refractivity contribution in [2.24, 2.45) is 0 Å². The number of ether oxygens (including phenoxy) is 2. The van der Waals surface area contributed by atoms with E-state index in [2.05, 4.69) is 10.0 Å². The van der Waals surface area contributed by atoms with Crippen LogP contribution in [0.5, 0.6) is 11.5 Å². The quantitative estimate of drug-likeness (QED) is 0.415. The lowest BCUT2D eigenvalue weighted by atomic mass is 10.2. The first-order valence-corrected chi connectivity index (χ1v) is 14.1. The number of fused-ring (bicyclic) bond motifs is 1. The van der Waals surface area contributed by atoms with Crippen molar-refractivity contribution < 1.29 is 31.1 Å². The SMILES string of the molecule is CCS(=O)(=O)N(CC(=O)Nc1ccc(S(=O)(=O)Nc2ccccc2Cl)cc1)c1ccc2c(c1)OCO2. The molecule has 0 spiro atoms. The van der Waals surface area contributed by atoms with E-state index in [0.29, 0.717) is 11.5 Å². The second-order valence-corrected chi connectivity index (χ2v) is 11.9. The molecule has 1 amide bonds. The van der Waals surface area contributed by atoms with E-state index in [1.54, 1.807) is 24.3 Å². The van der Waals surface area contributed by atoms with E-state index in [1.807, 2.05) is 0 Å². The highest BCUT2D eigenvalue weighted by atomic mass is 35.5. The van der Waals surface area contributed by atoms with Crippen LogP contribution in [0.1, 0.15) is 6.92 Å². The van der Waals surface area contributed by atoms with E-state index in [0.717, 1.165) is 4.31 Å². The number of hydrogen-bond donors (Lipinski definition) is 2. The Labute approximate surface area is 213 Å². The summed E-state index contributed by atoms with van der Waals surface area (Å²) in [4.78, 5) is 12.7. The summed E-state index contributed by atoms with van der Waals surface area (Å²) < 4.78 is 64.7. The Morgan fingerprint density at radius 1 is 0.972 bits per heavy atom. The van der Waals surface area contributed by atoms with E-state index < -0.39 is 32.5 Å². The Morgan fingerprint density at radius 2 is 1.67 bits per heavy atom. The van der Waals surface area contributed by atoms with E-state index in [-0.39, 0.29) is 39.5 Å². The Balaban J connectivity index is 1.48. The van der Waals surface area contributed by atoms with Crippen LogP contribution >= 0.6 is 11.6 Å². The number of para-hydroxylation sites is 1. The van der Waals surface area contributed by atoms with Gasteiger partial charge in [0.15, 0.2) is 11.5 Å². The third-order valence-corrected chi connectivity index (χ3v) is 8.65. The van der Waals surface area contributed by atoms with Gasteiger partial charge in [0.25, 0.3) is 10.0 Å². The zero-order valence-electron chi connectivity index (χ0n) is 19.0. The fraction of sp³-hybridized carbons (Fsp3) is 0.174. The lowest BCUT2D eigenvalue weighted by molar-refractivity contribution is -0.114. The first kappa shape index (κ1) is 25.6. The number of sulfonamides is 2. The zero-order chi connectivity index (χ0) is 25.9. The molecule has 0 bridgehead atoms. The molecule has 0 atom stereocenters. The second-order valence-electron chi connectivity index (χ2n) is 7.60. The molecule has 10 nitrogen and oxygen atoms in total. The molecule has 1 aliphatic rings. The first-order chi connectivity index (χ1) is 17.1. The Bertz CT molecular complexity index is 1490. The summed E-state index contributed by atoms with van der Waals surface area (Å²) in [5.74, 6) is 0.0247. The van der Waals surface area contributed by atoms with Crippen molar-refractivity contribution in [3.8, 4) is 11.5 Å². The third kappa shape index (κ3) is 5.66. The first-order valence-electron chi connectivity index (χ1n) is 10.7. The molecule has 0 saturated heterocycles. The van der Waals surface area contributed by atoms with Crippen LogP contribution < -0.4 is 23.8 Å². The van der Waals surface area contributed by atoms with Crippen molar-refractivity contribution in [1.29, 1.82) is 0 Å². The minimum atomic E-state index is -3.92. The third-order valence-electron chi connectivity index (χ3n) is 5.20. The average Bonchev–Trinajstić information content (AvgIpc) is 3.32. The highest BCUT2D eigenvalue weighted by molar-refractivity contribution is 7.93. The predicted molar refractivity (Wildman–Crippen MR) is 137 cm³/mol. The molecule has 0 saturated carbocycles. The highest BCUT2D eigenvalue weighted by Gasteiger charge is 2.26. The minimum Gasteiger partial charge on any atom is -0.454 e. The molecule has 4 rings (SSSR count). The van der Waals surface area contributed by atoms with Gasteiger partial charge < -0.3 is 14.8 Å². The summed E-state index contributed by atoms with van der Waals surface area (Å²) in [6.45, 7) is 1.01. The molecule has 36 heavy (non-hydrogen) atoms. The topological polar surface area (TPSA) is 131 Å². The molecular formula is C23H22ClN3O7S2.